The molecule has 0 saturated heterocycles. The van der Waals surface area contributed by atoms with Crippen molar-refractivity contribution in [3.8, 4) is 17.1 Å². The largest absolute Gasteiger partial charge is 0.495 e. The van der Waals surface area contributed by atoms with Crippen LogP contribution in [0, 0.1) is 0 Å². The number of carbonyl (C=O) groups excluding carboxylic acids is 2. The predicted octanol–water partition coefficient (Wildman–Crippen LogP) is 4.52. The van der Waals surface area contributed by atoms with Gasteiger partial charge in [-0.3, -0.25) is 14.6 Å². The molecule has 0 atom stereocenters. The van der Waals surface area contributed by atoms with Crippen molar-refractivity contribution in [3.05, 3.63) is 78.5 Å². The van der Waals surface area contributed by atoms with Gasteiger partial charge in [0, 0.05) is 24.2 Å². The van der Waals surface area contributed by atoms with Crippen LogP contribution in [0.4, 0.5) is 11.4 Å². The number of anilines is 2. The van der Waals surface area contributed by atoms with Crippen molar-refractivity contribution in [1.82, 2.24) is 9.97 Å². The molecule has 2 aromatic carbocycles. The van der Waals surface area contributed by atoms with Gasteiger partial charge in [-0.05, 0) is 42.5 Å². The summed E-state index contributed by atoms with van der Waals surface area (Å²) < 4.78 is 5.37. The monoisotopic (exact) mass is 412 g/mol. The first-order valence-electron chi connectivity index (χ1n) is 9.63. The Balaban J connectivity index is 1.77. The fourth-order valence-electron chi connectivity index (χ4n) is 3.29. The number of methoxy groups -OCH3 is 1. The zero-order valence-electron chi connectivity index (χ0n) is 17.0. The second-order valence-corrected chi connectivity index (χ2v) is 6.84. The Labute approximate surface area is 179 Å². The summed E-state index contributed by atoms with van der Waals surface area (Å²) in [6.07, 6.45) is 1.68. The highest BCUT2D eigenvalue weighted by molar-refractivity contribution is 6.13. The van der Waals surface area contributed by atoms with E-state index in [0.29, 0.717) is 39.6 Å². The molecular weight excluding hydrogens is 392 g/mol. The average molecular weight is 412 g/mol. The van der Waals surface area contributed by atoms with Gasteiger partial charge < -0.3 is 15.4 Å². The van der Waals surface area contributed by atoms with Crippen LogP contribution in [0.3, 0.4) is 0 Å². The first kappa shape index (κ1) is 20.0. The Morgan fingerprint density at radius 1 is 0.903 bits per heavy atom. The lowest BCUT2D eigenvalue weighted by Gasteiger charge is -2.14. The highest BCUT2D eigenvalue weighted by Crippen LogP contribution is 2.30. The molecule has 0 bridgehead atoms. The maximum atomic E-state index is 13.3. The topological polar surface area (TPSA) is 93.2 Å². The standard InChI is InChI=1S/C24H20N4O3/c1-15(29)26-16-10-11-23(31-2)22(13-16)28-24(30)18-14-21(20-9-5-6-12-25-20)27-19-8-4-3-7-17(18)19/h3-14H,1-2H3,(H,26,29)(H,28,30). The van der Waals surface area contributed by atoms with E-state index >= 15 is 0 Å². The highest BCUT2D eigenvalue weighted by Gasteiger charge is 2.16. The molecule has 154 valence electrons. The molecule has 0 fully saturated rings. The van der Waals surface area contributed by atoms with Crippen LogP contribution < -0.4 is 15.4 Å². The average Bonchev–Trinajstić information content (AvgIpc) is 2.78. The van der Waals surface area contributed by atoms with Crippen LogP contribution in [0.1, 0.15) is 17.3 Å². The van der Waals surface area contributed by atoms with Crippen LogP contribution >= 0.6 is 0 Å². The number of hydrogen-bond donors (Lipinski definition) is 2. The highest BCUT2D eigenvalue weighted by atomic mass is 16.5. The summed E-state index contributed by atoms with van der Waals surface area (Å²) in [5, 5.41) is 6.32. The number of carbonyl (C=O) groups is 2. The maximum absolute atomic E-state index is 13.3. The quantitative estimate of drug-likeness (QED) is 0.503. The summed E-state index contributed by atoms with van der Waals surface area (Å²) in [6.45, 7) is 1.42. The minimum Gasteiger partial charge on any atom is -0.495 e. The number of rotatable bonds is 5. The van der Waals surface area contributed by atoms with Gasteiger partial charge in [0.1, 0.15) is 5.75 Å². The molecule has 4 aromatic rings. The minimum atomic E-state index is -0.325. The number of ether oxygens (including phenoxy) is 1. The van der Waals surface area contributed by atoms with Crippen molar-refractivity contribution >= 4 is 34.1 Å². The fourth-order valence-corrected chi connectivity index (χ4v) is 3.29. The van der Waals surface area contributed by atoms with Crippen molar-refractivity contribution in [2.24, 2.45) is 0 Å². The van der Waals surface area contributed by atoms with Crippen LogP contribution in [0.15, 0.2) is 72.9 Å². The van der Waals surface area contributed by atoms with E-state index in [0.717, 1.165) is 5.39 Å². The Kier molecular flexibility index (Phi) is 5.57. The number of fused-ring (bicyclic) bond motifs is 1. The number of amides is 2. The number of benzene rings is 2. The van der Waals surface area contributed by atoms with E-state index < -0.39 is 0 Å². The van der Waals surface area contributed by atoms with Crippen molar-refractivity contribution < 1.29 is 14.3 Å². The second kappa shape index (κ2) is 8.62. The molecule has 7 heteroatoms. The maximum Gasteiger partial charge on any atom is 0.256 e. The van der Waals surface area contributed by atoms with Gasteiger partial charge in [0.2, 0.25) is 5.91 Å². The van der Waals surface area contributed by atoms with E-state index in [1.165, 1.54) is 14.0 Å². The normalized spacial score (nSPS) is 10.5. The van der Waals surface area contributed by atoms with E-state index in [-0.39, 0.29) is 11.8 Å². The molecule has 2 aromatic heterocycles. The van der Waals surface area contributed by atoms with Crippen molar-refractivity contribution in [1.29, 1.82) is 0 Å². The first-order valence-corrected chi connectivity index (χ1v) is 9.63. The number of aromatic nitrogens is 2. The Morgan fingerprint density at radius 2 is 1.71 bits per heavy atom. The third-order valence-electron chi connectivity index (χ3n) is 4.66. The van der Waals surface area contributed by atoms with Gasteiger partial charge in [-0.2, -0.15) is 0 Å². The molecule has 0 unspecified atom stereocenters. The van der Waals surface area contributed by atoms with Crippen LogP contribution in [0.25, 0.3) is 22.3 Å². The molecule has 0 saturated carbocycles. The number of pyridine rings is 2. The Hall–Kier alpha value is -4.26. The molecule has 2 N–H and O–H groups in total. The number of para-hydroxylation sites is 1. The summed E-state index contributed by atoms with van der Waals surface area (Å²) in [5.41, 5.74) is 3.42. The molecule has 0 aliphatic carbocycles. The zero-order chi connectivity index (χ0) is 21.8. The van der Waals surface area contributed by atoms with Crippen LogP contribution in [-0.2, 0) is 4.79 Å². The molecule has 4 rings (SSSR count). The molecule has 0 radical (unpaired) electrons. The number of nitrogens with one attached hydrogen (secondary N) is 2. The van der Waals surface area contributed by atoms with Crippen molar-refractivity contribution in [3.63, 3.8) is 0 Å². The summed E-state index contributed by atoms with van der Waals surface area (Å²) in [7, 11) is 1.52. The lowest BCUT2D eigenvalue weighted by molar-refractivity contribution is -0.114. The SMILES string of the molecule is COc1ccc(NC(C)=O)cc1NC(=O)c1cc(-c2ccccn2)nc2ccccc12. The first-order chi connectivity index (χ1) is 15.0. The molecule has 0 aliphatic heterocycles. The number of hydrogen-bond acceptors (Lipinski definition) is 5. The van der Waals surface area contributed by atoms with Crippen LogP contribution in [-0.4, -0.2) is 28.9 Å². The molecule has 2 amide bonds. The van der Waals surface area contributed by atoms with E-state index in [1.807, 2.05) is 42.5 Å². The third kappa shape index (κ3) is 4.35. The number of nitrogens with zero attached hydrogens (tertiary/aromatic N) is 2. The van der Waals surface area contributed by atoms with Gasteiger partial charge in [-0.15, -0.1) is 0 Å². The summed E-state index contributed by atoms with van der Waals surface area (Å²) >= 11 is 0. The zero-order valence-corrected chi connectivity index (χ0v) is 17.0. The van der Waals surface area contributed by atoms with Crippen LogP contribution in [0.2, 0.25) is 0 Å². The van der Waals surface area contributed by atoms with Gasteiger partial charge in [-0.25, -0.2) is 4.98 Å². The predicted molar refractivity (Wildman–Crippen MR) is 120 cm³/mol. The minimum absolute atomic E-state index is 0.206. The lowest BCUT2D eigenvalue weighted by Crippen LogP contribution is -2.14. The Bertz CT molecular complexity index is 1270. The van der Waals surface area contributed by atoms with E-state index in [2.05, 4.69) is 20.6 Å². The van der Waals surface area contributed by atoms with Gasteiger partial charge in [0.15, 0.2) is 0 Å². The molecule has 2 heterocycles. The Morgan fingerprint density at radius 3 is 2.45 bits per heavy atom. The second-order valence-electron chi connectivity index (χ2n) is 6.84. The summed E-state index contributed by atoms with van der Waals surface area (Å²) in [4.78, 5) is 33.7. The van der Waals surface area contributed by atoms with E-state index in [9.17, 15) is 9.59 Å². The fraction of sp³-hybridized carbons (Fsp3) is 0.0833. The van der Waals surface area contributed by atoms with Crippen LogP contribution in [0.5, 0.6) is 5.75 Å². The smallest absolute Gasteiger partial charge is 0.256 e. The third-order valence-corrected chi connectivity index (χ3v) is 4.66. The van der Waals surface area contributed by atoms with E-state index in [4.69, 9.17) is 4.74 Å². The van der Waals surface area contributed by atoms with Crippen molar-refractivity contribution in [2.75, 3.05) is 17.7 Å². The van der Waals surface area contributed by atoms with Gasteiger partial charge in [0.25, 0.3) is 5.91 Å². The van der Waals surface area contributed by atoms with Gasteiger partial charge in [0.05, 0.1) is 35.3 Å². The summed E-state index contributed by atoms with van der Waals surface area (Å²) in [6, 6.07) is 19.8. The molecule has 0 aliphatic rings. The van der Waals surface area contributed by atoms with Crippen molar-refractivity contribution in [2.45, 2.75) is 6.92 Å². The lowest BCUT2D eigenvalue weighted by atomic mass is 10.1. The molecule has 0 spiro atoms. The van der Waals surface area contributed by atoms with E-state index in [1.54, 1.807) is 30.5 Å². The molecular formula is C24H20N4O3. The van der Waals surface area contributed by atoms with Gasteiger partial charge in [-0.1, -0.05) is 24.3 Å². The summed E-state index contributed by atoms with van der Waals surface area (Å²) in [5.74, 6) is -0.0533. The molecule has 31 heavy (non-hydrogen) atoms. The van der Waals surface area contributed by atoms with Gasteiger partial charge >= 0.3 is 0 Å². The molecule has 7 nitrogen and oxygen atoms in total.